The van der Waals surface area contributed by atoms with Crippen LogP contribution in [-0.2, 0) is 4.79 Å². The van der Waals surface area contributed by atoms with Crippen LogP contribution < -0.4 is 11.1 Å². The quantitative estimate of drug-likeness (QED) is 0.153. The first-order chi connectivity index (χ1) is 14.3. The maximum absolute atomic E-state index is 9.62. The van der Waals surface area contributed by atoms with Crippen molar-refractivity contribution < 1.29 is 9.90 Å². The zero-order chi connectivity index (χ0) is 23.1. The van der Waals surface area contributed by atoms with Crippen LogP contribution in [0.4, 0.5) is 0 Å². The zero-order valence-electron chi connectivity index (χ0n) is 19.2. The molecular weight excluding hydrogens is 445 g/mol. The van der Waals surface area contributed by atoms with Crippen molar-refractivity contribution in [2.24, 2.45) is 5.73 Å². The van der Waals surface area contributed by atoms with Crippen molar-refractivity contribution >= 4 is 40.8 Å². The van der Waals surface area contributed by atoms with E-state index in [0.29, 0.717) is 0 Å². The highest BCUT2D eigenvalue weighted by Gasteiger charge is 2.29. The number of hydrogen-bond donors (Lipinski definition) is 3. The van der Waals surface area contributed by atoms with E-state index in [0.717, 1.165) is 19.6 Å². The Morgan fingerprint density at radius 2 is 1.20 bits per heavy atom. The van der Waals surface area contributed by atoms with Gasteiger partial charge in [-0.05, 0) is 25.9 Å². The summed E-state index contributed by atoms with van der Waals surface area (Å²) in [5, 5.41) is 11.3. The van der Waals surface area contributed by atoms with Crippen molar-refractivity contribution in [1.82, 2.24) is 10.2 Å². The number of rotatable bonds is 19. The van der Waals surface area contributed by atoms with Crippen LogP contribution in [0.5, 0.6) is 0 Å². The summed E-state index contributed by atoms with van der Waals surface area (Å²) in [6.45, 7) is 11.1. The van der Waals surface area contributed by atoms with Crippen LogP contribution in [0.15, 0.2) is 0 Å². The van der Waals surface area contributed by atoms with E-state index in [2.05, 4.69) is 24.1 Å². The average molecular weight is 491 g/mol. The van der Waals surface area contributed by atoms with Crippen molar-refractivity contribution in [3.8, 4) is 0 Å². The lowest BCUT2D eigenvalue weighted by Crippen LogP contribution is -2.35. The maximum Gasteiger partial charge on any atom is 0.356 e. The Kier molecular flexibility index (Phi) is 25.8. The minimum atomic E-state index is -2.17. The fourth-order valence-electron chi connectivity index (χ4n) is 3.03. The van der Waals surface area contributed by atoms with Crippen molar-refractivity contribution in [3.05, 3.63) is 0 Å². The lowest BCUT2D eigenvalue weighted by atomic mass is 10.1. The van der Waals surface area contributed by atoms with Crippen LogP contribution in [0, 0.1) is 0 Å². The number of carbonyl (C=O) groups is 1. The molecule has 0 amide bonds. The summed E-state index contributed by atoms with van der Waals surface area (Å²) in [5.41, 5.74) is 5.55. The maximum atomic E-state index is 9.62. The number of unbranched alkanes of at least 4 members (excludes halogenated alkanes) is 10. The van der Waals surface area contributed by atoms with Gasteiger partial charge in [0.2, 0.25) is 0 Å². The SMILES string of the molecule is CCCCCCCCN(CCCCCCCC)CCNCCN.O=C(O)C(Cl)(Cl)Cl. The molecule has 0 saturated carbocycles. The van der Waals surface area contributed by atoms with Gasteiger partial charge in [0.15, 0.2) is 0 Å². The molecule has 0 aromatic rings. The van der Waals surface area contributed by atoms with Gasteiger partial charge in [-0.25, -0.2) is 4.79 Å². The third-order valence-corrected chi connectivity index (χ3v) is 5.31. The van der Waals surface area contributed by atoms with Gasteiger partial charge in [0.05, 0.1) is 0 Å². The fraction of sp³-hybridized carbons (Fsp3) is 0.955. The van der Waals surface area contributed by atoms with E-state index >= 15 is 0 Å². The molecule has 0 aliphatic carbocycles. The van der Waals surface area contributed by atoms with Crippen LogP contribution in [0.3, 0.4) is 0 Å². The van der Waals surface area contributed by atoms with Gasteiger partial charge >= 0.3 is 5.97 Å². The first-order valence-corrected chi connectivity index (χ1v) is 12.9. The number of carboxylic acids is 1. The second-order valence-electron chi connectivity index (χ2n) is 7.72. The van der Waals surface area contributed by atoms with Gasteiger partial charge in [0.1, 0.15) is 0 Å². The Hall–Kier alpha value is 0.220. The van der Waals surface area contributed by atoms with E-state index in [1.54, 1.807) is 0 Å². The molecule has 0 radical (unpaired) electrons. The first kappa shape index (κ1) is 32.4. The average Bonchev–Trinajstić information content (AvgIpc) is 2.69. The molecule has 0 aliphatic rings. The normalized spacial score (nSPS) is 11.4. The number of nitrogens with one attached hydrogen (secondary N) is 1. The van der Waals surface area contributed by atoms with Crippen LogP contribution in [0.2, 0.25) is 0 Å². The van der Waals surface area contributed by atoms with Gasteiger partial charge in [-0.1, -0.05) is 113 Å². The molecule has 4 N–H and O–H groups in total. The van der Waals surface area contributed by atoms with Crippen molar-refractivity contribution in [2.45, 2.75) is 94.7 Å². The summed E-state index contributed by atoms with van der Waals surface area (Å²) in [6, 6.07) is 0. The van der Waals surface area contributed by atoms with Crippen molar-refractivity contribution in [1.29, 1.82) is 0 Å². The molecule has 0 aromatic heterocycles. The minimum absolute atomic E-state index is 0.745. The minimum Gasteiger partial charge on any atom is -0.478 e. The third-order valence-electron chi connectivity index (χ3n) is 4.82. The highest BCUT2D eigenvalue weighted by molar-refractivity contribution is 6.75. The molecule has 0 fully saturated rings. The van der Waals surface area contributed by atoms with E-state index in [-0.39, 0.29) is 0 Å². The Morgan fingerprint density at radius 3 is 1.57 bits per heavy atom. The Balaban J connectivity index is 0. The van der Waals surface area contributed by atoms with E-state index in [1.165, 1.54) is 96.7 Å². The Morgan fingerprint density at radius 1 is 0.800 bits per heavy atom. The zero-order valence-corrected chi connectivity index (χ0v) is 21.5. The summed E-state index contributed by atoms with van der Waals surface area (Å²) >= 11 is 14.4. The predicted octanol–water partition coefficient (Wildman–Crippen LogP) is 6.00. The lowest BCUT2D eigenvalue weighted by Gasteiger charge is -2.22. The number of halogens is 3. The molecule has 5 nitrogen and oxygen atoms in total. The summed E-state index contributed by atoms with van der Waals surface area (Å²) in [7, 11) is 0. The van der Waals surface area contributed by atoms with Crippen molar-refractivity contribution in [3.63, 3.8) is 0 Å². The second kappa shape index (κ2) is 23.9. The fourth-order valence-corrected chi connectivity index (χ4v) is 3.03. The molecule has 0 spiro atoms. The highest BCUT2D eigenvalue weighted by atomic mass is 35.6. The van der Waals surface area contributed by atoms with Gasteiger partial charge < -0.3 is 21.1 Å². The predicted molar refractivity (Wildman–Crippen MR) is 133 cm³/mol. The van der Waals surface area contributed by atoms with Gasteiger partial charge in [0.25, 0.3) is 3.79 Å². The topological polar surface area (TPSA) is 78.6 Å². The van der Waals surface area contributed by atoms with Crippen LogP contribution in [0.1, 0.15) is 90.9 Å². The van der Waals surface area contributed by atoms with Gasteiger partial charge in [-0.15, -0.1) is 0 Å². The second-order valence-corrected chi connectivity index (χ2v) is 10.00. The number of alkyl halides is 3. The van der Waals surface area contributed by atoms with E-state index in [9.17, 15) is 4.79 Å². The monoisotopic (exact) mass is 489 g/mol. The first-order valence-electron chi connectivity index (χ1n) is 11.7. The molecule has 0 unspecified atom stereocenters. The lowest BCUT2D eigenvalue weighted by molar-refractivity contribution is -0.135. The smallest absolute Gasteiger partial charge is 0.356 e. The molecule has 182 valence electrons. The van der Waals surface area contributed by atoms with Gasteiger partial charge in [0, 0.05) is 26.2 Å². The molecule has 0 saturated heterocycles. The summed E-state index contributed by atoms with van der Waals surface area (Å²) < 4.78 is -2.17. The van der Waals surface area contributed by atoms with Crippen molar-refractivity contribution in [2.75, 3.05) is 39.3 Å². The molecular formula is C22H46Cl3N3O2. The van der Waals surface area contributed by atoms with Crippen LogP contribution in [0.25, 0.3) is 0 Å². The van der Waals surface area contributed by atoms with Gasteiger partial charge in [-0.2, -0.15) is 0 Å². The van der Waals surface area contributed by atoms with E-state index in [4.69, 9.17) is 45.6 Å². The number of aliphatic carboxylic acids is 1. The molecule has 0 bridgehead atoms. The van der Waals surface area contributed by atoms with E-state index in [1.807, 2.05) is 0 Å². The van der Waals surface area contributed by atoms with Crippen LogP contribution in [-0.4, -0.2) is 59.0 Å². The number of hydrogen-bond acceptors (Lipinski definition) is 4. The molecule has 0 rings (SSSR count). The Labute approximate surface area is 200 Å². The number of nitrogens with two attached hydrogens (primary N) is 1. The molecule has 30 heavy (non-hydrogen) atoms. The summed E-state index contributed by atoms with van der Waals surface area (Å²) in [4.78, 5) is 12.3. The summed E-state index contributed by atoms with van der Waals surface area (Å²) in [5.74, 6) is -1.46. The van der Waals surface area contributed by atoms with E-state index < -0.39 is 9.76 Å². The molecule has 0 aromatic carbocycles. The number of nitrogens with zero attached hydrogens (tertiary/aromatic N) is 1. The summed E-state index contributed by atoms with van der Waals surface area (Å²) in [6.07, 6.45) is 16.7. The highest BCUT2D eigenvalue weighted by Crippen LogP contribution is 2.25. The standard InChI is InChI=1S/C20H45N3.C2HCl3O2/c1-3-5-7-9-11-13-18-23(20-17-22-16-15-21)19-14-12-10-8-6-4-2;3-2(4,5)1(6)7/h22H,3-21H2,1-2H3;(H,6,7). The Bertz CT molecular complexity index is 354. The number of carboxylic acid groups (broad SMARTS) is 1. The van der Waals surface area contributed by atoms with Gasteiger partial charge in [-0.3, -0.25) is 0 Å². The largest absolute Gasteiger partial charge is 0.478 e. The molecule has 0 atom stereocenters. The van der Waals surface area contributed by atoms with Crippen LogP contribution >= 0.6 is 34.8 Å². The third kappa shape index (κ3) is 26.3. The molecule has 0 aliphatic heterocycles. The molecule has 8 heteroatoms. The molecule has 0 heterocycles.